The maximum atomic E-state index is 9.72. The first-order valence-electron chi connectivity index (χ1n) is 9.07. The van der Waals surface area contributed by atoms with Gasteiger partial charge in [-0.3, -0.25) is 0 Å². The van der Waals surface area contributed by atoms with Crippen LogP contribution in [0.4, 0.5) is 0 Å². The molecule has 0 amide bonds. The quantitative estimate of drug-likeness (QED) is 0.637. The standard InChI is InChI=1S/C18H28N4O2/c1-2-19-18(22-10-8-15(23)13-22)21-12-14-7-9-20-17(11-14)24-16-5-3-4-6-16/h7,9,11,15-16,23H,2-6,8,10,12-13H2,1H3,(H,19,21)/t15-/m1/s1. The Bertz CT molecular complexity index is 558. The highest BCUT2D eigenvalue weighted by Crippen LogP contribution is 2.23. The summed E-state index contributed by atoms with van der Waals surface area (Å²) >= 11 is 0. The number of pyridine rings is 1. The number of likely N-dealkylation sites (tertiary alicyclic amines) is 1. The number of nitrogens with one attached hydrogen (secondary N) is 1. The van der Waals surface area contributed by atoms with Gasteiger partial charge in [0.1, 0.15) is 6.10 Å². The van der Waals surface area contributed by atoms with Gasteiger partial charge in [-0.25, -0.2) is 9.98 Å². The summed E-state index contributed by atoms with van der Waals surface area (Å²) in [7, 11) is 0. The molecule has 1 saturated carbocycles. The first kappa shape index (κ1) is 17.0. The van der Waals surface area contributed by atoms with Crippen LogP contribution < -0.4 is 10.1 Å². The molecule has 0 bridgehead atoms. The molecule has 0 aromatic carbocycles. The topological polar surface area (TPSA) is 70.0 Å². The van der Waals surface area contributed by atoms with Crippen molar-refractivity contribution >= 4 is 5.96 Å². The molecule has 1 aromatic heterocycles. The number of nitrogens with zero attached hydrogens (tertiary/aromatic N) is 3. The van der Waals surface area contributed by atoms with Gasteiger partial charge in [0.25, 0.3) is 0 Å². The summed E-state index contributed by atoms with van der Waals surface area (Å²) in [5.74, 6) is 1.57. The monoisotopic (exact) mass is 332 g/mol. The minimum atomic E-state index is -0.249. The van der Waals surface area contributed by atoms with E-state index in [4.69, 9.17) is 9.73 Å². The van der Waals surface area contributed by atoms with Gasteiger partial charge in [0.2, 0.25) is 5.88 Å². The van der Waals surface area contributed by atoms with Crippen LogP contribution >= 0.6 is 0 Å². The second kappa shape index (κ2) is 8.33. The summed E-state index contributed by atoms with van der Waals surface area (Å²) in [5, 5.41) is 13.0. The SMILES string of the molecule is CCNC(=NCc1ccnc(OC2CCCC2)c1)N1CC[C@@H](O)C1. The average Bonchev–Trinajstić information content (AvgIpc) is 3.23. The number of aliphatic imine (C=N–C) groups is 1. The average molecular weight is 332 g/mol. The van der Waals surface area contributed by atoms with Gasteiger partial charge in [0, 0.05) is 31.9 Å². The van der Waals surface area contributed by atoms with Crippen molar-refractivity contribution in [1.82, 2.24) is 15.2 Å². The maximum Gasteiger partial charge on any atom is 0.213 e. The van der Waals surface area contributed by atoms with E-state index < -0.39 is 0 Å². The van der Waals surface area contributed by atoms with Gasteiger partial charge < -0.3 is 20.1 Å². The second-order valence-electron chi connectivity index (χ2n) is 6.59. The van der Waals surface area contributed by atoms with E-state index in [1.165, 1.54) is 12.8 Å². The summed E-state index contributed by atoms with van der Waals surface area (Å²) in [6, 6.07) is 3.97. The molecule has 3 rings (SSSR count). The summed E-state index contributed by atoms with van der Waals surface area (Å²) in [5.41, 5.74) is 1.09. The molecule has 2 fully saturated rings. The Morgan fingerprint density at radius 1 is 1.42 bits per heavy atom. The van der Waals surface area contributed by atoms with Gasteiger partial charge in [-0.2, -0.15) is 0 Å². The third kappa shape index (κ3) is 4.60. The maximum absolute atomic E-state index is 9.72. The van der Waals surface area contributed by atoms with Crippen LogP contribution in [0.2, 0.25) is 0 Å². The number of aliphatic hydroxyl groups excluding tert-OH is 1. The summed E-state index contributed by atoms with van der Waals surface area (Å²) < 4.78 is 5.97. The molecule has 24 heavy (non-hydrogen) atoms. The molecule has 0 spiro atoms. The van der Waals surface area contributed by atoms with Crippen LogP contribution in [-0.4, -0.2) is 52.8 Å². The molecular weight excluding hydrogens is 304 g/mol. The van der Waals surface area contributed by atoms with Gasteiger partial charge in [0.05, 0.1) is 12.6 Å². The van der Waals surface area contributed by atoms with Crippen LogP contribution in [0.1, 0.15) is 44.6 Å². The number of hydrogen-bond acceptors (Lipinski definition) is 4. The van der Waals surface area contributed by atoms with E-state index in [1.807, 2.05) is 12.1 Å². The lowest BCUT2D eigenvalue weighted by Gasteiger charge is -2.21. The van der Waals surface area contributed by atoms with Crippen LogP contribution in [0.3, 0.4) is 0 Å². The highest BCUT2D eigenvalue weighted by atomic mass is 16.5. The number of β-amino-alcohol motifs (C(OH)–C–C–N with tert-alkyl or cyclic N) is 1. The lowest BCUT2D eigenvalue weighted by molar-refractivity contribution is 0.188. The number of aliphatic hydroxyl groups is 1. The molecular formula is C18H28N4O2. The van der Waals surface area contributed by atoms with Gasteiger partial charge in [-0.1, -0.05) is 0 Å². The number of hydrogen-bond donors (Lipinski definition) is 2. The fourth-order valence-electron chi connectivity index (χ4n) is 3.32. The predicted molar refractivity (Wildman–Crippen MR) is 94.1 cm³/mol. The zero-order chi connectivity index (χ0) is 16.8. The minimum absolute atomic E-state index is 0.249. The Morgan fingerprint density at radius 2 is 2.25 bits per heavy atom. The molecule has 1 atom stereocenters. The van der Waals surface area contributed by atoms with E-state index in [-0.39, 0.29) is 6.10 Å². The van der Waals surface area contributed by atoms with E-state index in [9.17, 15) is 5.11 Å². The van der Waals surface area contributed by atoms with Crippen LogP contribution in [0, 0.1) is 0 Å². The number of aromatic nitrogens is 1. The van der Waals surface area contributed by atoms with Crippen molar-refractivity contribution in [2.45, 2.75) is 57.8 Å². The lowest BCUT2D eigenvalue weighted by Crippen LogP contribution is -2.40. The fraction of sp³-hybridized carbons (Fsp3) is 0.667. The second-order valence-corrected chi connectivity index (χ2v) is 6.59. The first-order valence-corrected chi connectivity index (χ1v) is 9.07. The predicted octanol–water partition coefficient (Wildman–Crippen LogP) is 1.94. The Kier molecular flexibility index (Phi) is 5.91. The Labute approximate surface area is 143 Å². The number of ether oxygens (including phenoxy) is 1. The third-order valence-electron chi connectivity index (χ3n) is 4.60. The normalized spacial score (nSPS) is 22.2. The molecule has 0 radical (unpaired) electrons. The van der Waals surface area contributed by atoms with E-state index >= 15 is 0 Å². The van der Waals surface area contributed by atoms with E-state index in [0.29, 0.717) is 25.1 Å². The largest absolute Gasteiger partial charge is 0.474 e. The van der Waals surface area contributed by atoms with Crippen LogP contribution in [0.15, 0.2) is 23.3 Å². The Hall–Kier alpha value is -1.82. The molecule has 0 unspecified atom stereocenters. The Morgan fingerprint density at radius 3 is 2.96 bits per heavy atom. The summed E-state index contributed by atoms with van der Waals surface area (Å²) in [4.78, 5) is 11.2. The van der Waals surface area contributed by atoms with E-state index in [0.717, 1.165) is 43.9 Å². The molecule has 2 N–H and O–H groups in total. The molecule has 6 heteroatoms. The van der Waals surface area contributed by atoms with Crippen LogP contribution in [0.5, 0.6) is 5.88 Å². The molecule has 1 aromatic rings. The highest BCUT2D eigenvalue weighted by Gasteiger charge is 2.22. The third-order valence-corrected chi connectivity index (χ3v) is 4.60. The molecule has 1 saturated heterocycles. The minimum Gasteiger partial charge on any atom is -0.474 e. The molecule has 2 heterocycles. The smallest absolute Gasteiger partial charge is 0.213 e. The van der Waals surface area contributed by atoms with Crippen molar-refractivity contribution < 1.29 is 9.84 Å². The molecule has 1 aliphatic heterocycles. The van der Waals surface area contributed by atoms with Crippen molar-refractivity contribution in [2.24, 2.45) is 4.99 Å². The van der Waals surface area contributed by atoms with Crippen LogP contribution in [0.25, 0.3) is 0 Å². The number of rotatable bonds is 5. The fourth-order valence-corrected chi connectivity index (χ4v) is 3.32. The molecule has 1 aliphatic carbocycles. The van der Waals surface area contributed by atoms with Crippen molar-refractivity contribution in [1.29, 1.82) is 0 Å². The molecule has 6 nitrogen and oxygen atoms in total. The van der Waals surface area contributed by atoms with E-state index in [1.54, 1.807) is 6.20 Å². The molecule has 132 valence electrons. The van der Waals surface area contributed by atoms with Crippen molar-refractivity contribution in [3.63, 3.8) is 0 Å². The zero-order valence-corrected chi connectivity index (χ0v) is 14.4. The van der Waals surface area contributed by atoms with Crippen molar-refractivity contribution in [3.8, 4) is 5.88 Å². The summed E-state index contributed by atoms with van der Waals surface area (Å²) in [6.07, 6.45) is 7.43. The van der Waals surface area contributed by atoms with Gasteiger partial charge in [-0.05, 0) is 50.7 Å². The van der Waals surface area contributed by atoms with Crippen LogP contribution in [-0.2, 0) is 6.54 Å². The zero-order valence-electron chi connectivity index (χ0n) is 14.4. The Balaban J connectivity index is 1.62. The van der Waals surface area contributed by atoms with Gasteiger partial charge in [0.15, 0.2) is 5.96 Å². The summed E-state index contributed by atoms with van der Waals surface area (Å²) in [6.45, 7) is 4.95. The first-order chi connectivity index (χ1) is 11.7. The van der Waals surface area contributed by atoms with Crippen molar-refractivity contribution in [2.75, 3.05) is 19.6 Å². The van der Waals surface area contributed by atoms with Crippen molar-refractivity contribution in [3.05, 3.63) is 23.9 Å². The lowest BCUT2D eigenvalue weighted by atomic mass is 10.2. The van der Waals surface area contributed by atoms with Gasteiger partial charge in [-0.15, -0.1) is 0 Å². The highest BCUT2D eigenvalue weighted by molar-refractivity contribution is 5.80. The molecule has 2 aliphatic rings. The number of guanidine groups is 1. The van der Waals surface area contributed by atoms with Gasteiger partial charge >= 0.3 is 0 Å². The van der Waals surface area contributed by atoms with E-state index in [2.05, 4.69) is 22.1 Å².